The summed E-state index contributed by atoms with van der Waals surface area (Å²) in [7, 11) is -1.85. The highest BCUT2D eigenvalue weighted by atomic mass is 32.2. The van der Waals surface area contributed by atoms with E-state index in [1.54, 1.807) is 14.0 Å². The van der Waals surface area contributed by atoms with Crippen molar-refractivity contribution >= 4 is 10.0 Å². The van der Waals surface area contributed by atoms with Gasteiger partial charge in [0.05, 0.1) is 6.26 Å². The molecule has 1 heterocycles. The van der Waals surface area contributed by atoms with Gasteiger partial charge in [-0.2, -0.15) is 8.99 Å². The van der Waals surface area contributed by atoms with E-state index < -0.39 is 21.7 Å². The molecule has 3 rings (SSSR count). The first-order chi connectivity index (χ1) is 14.9. The monoisotopic (exact) mass is 471 g/mol. The van der Waals surface area contributed by atoms with Gasteiger partial charge in [0.2, 0.25) is 15.9 Å². The van der Waals surface area contributed by atoms with Crippen LogP contribution in [0, 0.1) is 30.4 Å². The third-order valence-electron chi connectivity index (χ3n) is 5.27. The van der Waals surface area contributed by atoms with E-state index in [-0.39, 0.29) is 23.9 Å². The molecule has 0 saturated heterocycles. The zero-order valence-electron chi connectivity index (χ0n) is 19.1. The van der Waals surface area contributed by atoms with E-state index >= 15 is 0 Å². The number of rotatable bonds is 6. The van der Waals surface area contributed by atoms with Gasteiger partial charge in [0.25, 0.3) is 0 Å². The molecule has 1 fully saturated rings. The molecule has 2 aromatic rings. The molecule has 32 heavy (non-hydrogen) atoms. The van der Waals surface area contributed by atoms with Crippen molar-refractivity contribution in [2.75, 3.05) is 6.26 Å². The Kier molecular flexibility index (Phi) is 10.3. The fourth-order valence-electron chi connectivity index (χ4n) is 3.27. The molecular formula is C22H31F2N3O4S. The third kappa shape index (κ3) is 7.57. The molecule has 1 saturated carbocycles. The minimum Gasteiger partial charge on any atom is -0.392 e. The summed E-state index contributed by atoms with van der Waals surface area (Å²) in [4.78, 5) is 10.9. The van der Waals surface area contributed by atoms with Crippen LogP contribution in [-0.2, 0) is 23.6 Å². The van der Waals surface area contributed by atoms with Crippen LogP contribution in [0.25, 0.3) is 0 Å². The van der Waals surface area contributed by atoms with Gasteiger partial charge in [-0.05, 0) is 50.3 Å². The van der Waals surface area contributed by atoms with Crippen LogP contribution >= 0.6 is 0 Å². The van der Waals surface area contributed by atoms with Crippen LogP contribution in [0.15, 0.2) is 27.4 Å². The Hall–Kier alpha value is -2.51. The van der Waals surface area contributed by atoms with Gasteiger partial charge in [-0.1, -0.05) is 13.8 Å². The van der Waals surface area contributed by atoms with Crippen molar-refractivity contribution in [2.24, 2.45) is 13.0 Å². The molecule has 0 spiro atoms. The number of hydrogen-bond acceptors (Lipinski definition) is 5. The van der Waals surface area contributed by atoms with Crippen molar-refractivity contribution in [3.8, 4) is 12.8 Å². The van der Waals surface area contributed by atoms with Crippen molar-refractivity contribution in [2.45, 2.75) is 58.5 Å². The zero-order chi connectivity index (χ0) is 24.6. The highest BCUT2D eigenvalue weighted by Crippen LogP contribution is 2.39. The quantitative estimate of drug-likeness (QED) is 0.600. The first-order valence-electron chi connectivity index (χ1n) is 10.2. The summed E-state index contributed by atoms with van der Waals surface area (Å²) in [6, 6.07) is 2.77. The molecule has 0 radical (unpaired) electrons. The molecule has 1 atom stereocenters. The maximum atomic E-state index is 13.5. The van der Waals surface area contributed by atoms with E-state index in [4.69, 9.17) is 4.42 Å². The van der Waals surface area contributed by atoms with Crippen molar-refractivity contribution in [3.05, 3.63) is 51.8 Å². The van der Waals surface area contributed by atoms with Crippen LogP contribution in [-0.4, -0.2) is 34.8 Å². The standard InChI is InChI=1S/C12H17F2NO2S.C8H12N2O2.C2H2/c1-4-9(2)15(18(3,16)17)8-10-7-11(13)5-6-12(10)14;1-5-3-6(4-5)7-9-10(2)8(11)12-7;1-2/h5-7,9H,4,8H2,1-3H3;5-6H,3-4H2,1-2H3;1-2H/t9-;;/m0../s1. The van der Waals surface area contributed by atoms with Crippen LogP contribution in [0.3, 0.4) is 0 Å². The smallest absolute Gasteiger partial charge is 0.392 e. The van der Waals surface area contributed by atoms with Gasteiger partial charge in [-0.25, -0.2) is 22.0 Å². The molecule has 178 valence electrons. The molecule has 0 bridgehead atoms. The minimum absolute atomic E-state index is 0.0423. The van der Waals surface area contributed by atoms with Gasteiger partial charge in [0.1, 0.15) is 11.6 Å². The normalized spacial score (nSPS) is 18.6. The van der Waals surface area contributed by atoms with E-state index in [2.05, 4.69) is 24.9 Å². The van der Waals surface area contributed by atoms with Crippen LogP contribution in [0.5, 0.6) is 0 Å². The summed E-state index contributed by atoms with van der Waals surface area (Å²) in [6.07, 6.45) is 11.9. The van der Waals surface area contributed by atoms with Crippen molar-refractivity contribution in [1.29, 1.82) is 0 Å². The lowest BCUT2D eigenvalue weighted by Crippen LogP contribution is -2.37. The lowest BCUT2D eigenvalue weighted by atomic mass is 9.76. The Morgan fingerprint density at radius 1 is 1.31 bits per heavy atom. The minimum atomic E-state index is -3.46. The van der Waals surface area contributed by atoms with E-state index in [0.29, 0.717) is 18.2 Å². The molecule has 0 aliphatic heterocycles. The van der Waals surface area contributed by atoms with Gasteiger partial charge in [0.15, 0.2) is 0 Å². The first kappa shape index (κ1) is 27.5. The second-order valence-electron chi connectivity index (χ2n) is 7.90. The van der Waals surface area contributed by atoms with Gasteiger partial charge >= 0.3 is 5.76 Å². The Labute approximate surface area is 188 Å². The van der Waals surface area contributed by atoms with Crippen LogP contribution in [0.1, 0.15) is 57.4 Å². The maximum Gasteiger partial charge on any atom is 0.436 e. The number of halogens is 2. The van der Waals surface area contributed by atoms with Gasteiger partial charge in [0, 0.05) is 31.1 Å². The molecule has 0 unspecified atom stereocenters. The van der Waals surface area contributed by atoms with Gasteiger partial charge in [-0.15, -0.1) is 17.9 Å². The van der Waals surface area contributed by atoms with Crippen LogP contribution in [0.2, 0.25) is 0 Å². The molecule has 0 amide bonds. The molecule has 0 N–H and O–H groups in total. The lowest BCUT2D eigenvalue weighted by molar-refractivity contribution is 0.242. The molecule has 10 heteroatoms. The summed E-state index contributed by atoms with van der Waals surface area (Å²) in [6.45, 7) is 5.61. The van der Waals surface area contributed by atoms with E-state index in [1.165, 1.54) is 8.99 Å². The summed E-state index contributed by atoms with van der Waals surface area (Å²) in [5.41, 5.74) is 0.0423. The number of sulfonamides is 1. The Bertz CT molecular complexity index is 1060. The number of terminal acetylenes is 1. The predicted molar refractivity (Wildman–Crippen MR) is 119 cm³/mol. The van der Waals surface area contributed by atoms with Crippen LogP contribution < -0.4 is 5.76 Å². The number of aromatic nitrogens is 2. The first-order valence-corrected chi connectivity index (χ1v) is 12.0. The maximum absolute atomic E-state index is 13.5. The lowest BCUT2D eigenvalue weighted by Gasteiger charge is -2.29. The van der Waals surface area contributed by atoms with E-state index in [9.17, 15) is 22.0 Å². The number of benzene rings is 1. The zero-order valence-corrected chi connectivity index (χ0v) is 19.9. The molecule has 7 nitrogen and oxygen atoms in total. The predicted octanol–water partition coefficient (Wildman–Crippen LogP) is 3.66. The summed E-state index contributed by atoms with van der Waals surface area (Å²) in [5, 5.41) is 4.00. The molecule has 1 aliphatic rings. The van der Waals surface area contributed by atoms with Crippen molar-refractivity contribution in [3.63, 3.8) is 0 Å². The molecule has 1 aromatic carbocycles. The molecule has 1 aromatic heterocycles. The summed E-state index contributed by atoms with van der Waals surface area (Å²) in [5.74, 6) is 0.207. The summed E-state index contributed by atoms with van der Waals surface area (Å²) >= 11 is 0. The number of nitrogens with zero attached hydrogens (tertiary/aromatic N) is 3. The third-order valence-corrected chi connectivity index (χ3v) is 6.61. The Morgan fingerprint density at radius 3 is 2.34 bits per heavy atom. The SMILES string of the molecule is C#C.CC1CC(c2nn(C)c(=O)o2)C1.CC[C@H](C)N(Cc1cc(F)ccc1F)S(C)(=O)=O. The number of hydrogen-bond donors (Lipinski definition) is 0. The van der Waals surface area contributed by atoms with Gasteiger partial charge < -0.3 is 4.42 Å². The summed E-state index contributed by atoms with van der Waals surface area (Å²) < 4.78 is 57.2. The average Bonchev–Trinajstić information content (AvgIpc) is 3.04. The van der Waals surface area contributed by atoms with Crippen molar-refractivity contribution < 1.29 is 21.6 Å². The molecule has 1 aliphatic carbocycles. The van der Waals surface area contributed by atoms with Crippen molar-refractivity contribution in [1.82, 2.24) is 14.1 Å². The largest absolute Gasteiger partial charge is 0.436 e. The fourth-order valence-corrected chi connectivity index (χ4v) is 4.45. The Morgan fingerprint density at radius 2 is 1.91 bits per heavy atom. The fraction of sp³-hybridized carbons (Fsp3) is 0.545. The molecular weight excluding hydrogens is 440 g/mol. The topological polar surface area (TPSA) is 85.4 Å². The second kappa shape index (κ2) is 11.9. The highest BCUT2D eigenvalue weighted by Gasteiger charge is 2.31. The average molecular weight is 472 g/mol. The van der Waals surface area contributed by atoms with Crippen LogP contribution in [0.4, 0.5) is 8.78 Å². The van der Waals surface area contributed by atoms with E-state index in [0.717, 1.165) is 43.2 Å². The van der Waals surface area contributed by atoms with Gasteiger partial charge in [-0.3, -0.25) is 0 Å². The number of aryl methyl sites for hydroxylation is 1. The second-order valence-corrected chi connectivity index (χ2v) is 9.84. The Balaban J connectivity index is 0.000000315. The van der Waals surface area contributed by atoms with E-state index in [1.807, 2.05) is 6.92 Å². The highest BCUT2D eigenvalue weighted by molar-refractivity contribution is 7.88.